The van der Waals surface area contributed by atoms with Crippen molar-refractivity contribution in [1.29, 1.82) is 0 Å². The summed E-state index contributed by atoms with van der Waals surface area (Å²) in [5, 5.41) is 2.44. The number of rotatable bonds is 6. The monoisotopic (exact) mass is 448 g/mol. The molecule has 1 amide bonds. The van der Waals surface area contributed by atoms with Gasteiger partial charge in [0.25, 0.3) is 15.9 Å². The van der Waals surface area contributed by atoms with Crippen molar-refractivity contribution in [2.45, 2.75) is 4.90 Å². The van der Waals surface area contributed by atoms with Crippen molar-refractivity contribution in [3.63, 3.8) is 0 Å². The van der Waals surface area contributed by atoms with Gasteiger partial charge in [-0.1, -0.05) is 23.7 Å². The molecule has 3 aromatic rings. The molecule has 0 aliphatic heterocycles. The van der Waals surface area contributed by atoms with Crippen LogP contribution in [0.5, 0.6) is 5.75 Å². The molecule has 0 radical (unpaired) electrons. The van der Waals surface area contributed by atoms with Crippen molar-refractivity contribution in [2.24, 2.45) is 0 Å². The highest BCUT2D eigenvalue weighted by molar-refractivity contribution is 7.92. The number of anilines is 2. The minimum Gasteiger partial charge on any atom is -0.497 e. The highest BCUT2D eigenvalue weighted by atomic mass is 35.5. The molecule has 30 heavy (non-hydrogen) atoms. The second-order valence-corrected chi connectivity index (χ2v) is 8.62. The summed E-state index contributed by atoms with van der Waals surface area (Å²) < 4.78 is 46.1. The number of carbonyl (C=O) groups excluding carboxylic acids is 1. The van der Waals surface area contributed by atoms with Gasteiger partial charge in [-0.05, 0) is 54.6 Å². The van der Waals surface area contributed by atoms with Gasteiger partial charge in [0.05, 0.1) is 34.0 Å². The van der Waals surface area contributed by atoms with Gasteiger partial charge in [-0.15, -0.1) is 0 Å². The van der Waals surface area contributed by atoms with Crippen LogP contribution in [0.2, 0.25) is 5.02 Å². The van der Waals surface area contributed by atoms with Gasteiger partial charge >= 0.3 is 0 Å². The molecule has 6 nitrogen and oxygen atoms in total. The van der Waals surface area contributed by atoms with Gasteiger partial charge in [-0.3, -0.25) is 9.10 Å². The molecule has 0 unspecified atom stereocenters. The van der Waals surface area contributed by atoms with Crippen LogP contribution in [0.4, 0.5) is 15.8 Å². The highest BCUT2D eigenvalue weighted by Crippen LogP contribution is 2.27. The fourth-order valence-corrected chi connectivity index (χ4v) is 4.11. The number of para-hydroxylation sites is 1. The van der Waals surface area contributed by atoms with E-state index in [2.05, 4.69) is 5.32 Å². The van der Waals surface area contributed by atoms with Gasteiger partial charge in [0.2, 0.25) is 0 Å². The number of hydrogen-bond acceptors (Lipinski definition) is 4. The molecule has 9 heteroatoms. The van der Waals surface area contributed by atoms with Crippen LogP contribution in [0.1, 0.15) is 10.4 Å². The zero-order valence-corrected chi connectivity index (χ0v) is 17.7. The Kier molecular flexibility index (Phi) is 6.28. The van der Waals surface area contributed by atoms with Gasteiger partial charge in [0.1, 0.15) is 11.6 Å². The lowest BCUT2D eigenvalue weighted by Gasteiger charge is -2.20. The number of benzene rings is 3. The largest absolute Gasteiger partial charge is 0.497 e. The Morgan fingerprint density at radius 3 is 2.37 bits per heavy atom. The van der Waals surface area contributed by atoms with Gasteiger partial charge in [-0.25, -0.2) is 12.8 Å². The summed E-state index contributed by atoms with van der Waals surface area (Å²) in [7, 11) is -1.08. The van der Waals surface area contributed by atoms with Crippen molar-refractivity contribution in [2.75, 3.05) is 23.8 Å². The summed E-state index contributed by atoms with van der Waals surface area (Å²) in [5.41, 5.74) is 0.273. The van der Waals surface area contributed by atoms with E-state index in [1.807, 2.05) is 0 Å². The average Bonchev–Trinajstić information content (AvgIpc) is 2.75. The fourth-order valence-electron chi connectivity index (χ4n) is 2.68. The number of nitrogens with zero attached hydrogens (tertiary/aromatic N) is 1. The number of methoxy groups -OCH3 is 1. The summed E-state index contributed by atoms with van der Waals surface area (Å²) in [6, 6.07) is 15.9. The van der Waals surface area contributed by atoms with Crippen LogP contribution in [0, 0.1) is 5.82 Å². The standard InChI is InChI=1S/C21H18ClFN2O4S/c1-25(14-7-9-15(29-2)10-8-14)30(27,28)16-11-12-18(22)17(13-16)21(26)24-20-6-4-3-5-19(20)23/h3-13H,1-2H3,(H,24,26). The van der Waals surface area contributed by atoms with Crippen LogP contribution < -0.4 is 14.4 Å². The second-order valence-electron chi connectivity index (χ2n) is 6.25. The van der Waals surface area contributed by atoms with E-state index in [9.17, 15) is 17.6 Å². The molecular formula is C21H18ClFN2O4S. The summed E-state index contributed by atoms with van der Waals surface area (Å²) in [5.74, 6) is -0.762. The molecule has 0 aliphatic rings. The first-order valence-corrected chi connectivity index (χ1v) is 10.5. The maximum Gasteiger partial charge on any atom is 0.264 e. The predicted molar refractivity (Wildman–Crippen MR) is 114 cm³/mol. The zero-order chi connectivity index (χ0) is 21.9. The van der Waals surface area contributed by atoms with Gasteiger partial charge in [0.15, 0.2) is 0 Å². The average molecular weight is 449 g/mol. The van der Waals surface area contributed by atoms with E-state index in [4.69, 9.17) is 16.3 Å². The van der Waals surface area contributed by atoms with Gasteiger partial charge in [-0.2, -0.15) is 0 Å². The van der Waals surface area contributed by atoms with E-state index in [0.29, 0.717) is 11.4 Å². The van der Waals surface area contributed by atoms with E-state index in [1.54, 1.807) is 30.3 Å². The molecule has 0 aliphatic carbocycles. The zero-order valence-electron chi connectivity index (χ0n) is 16.1. The van der Waals surface area contributed by atoms with Crippen molar-refractivity contribution in [1.82, 2.24) is 0 Å². The van der Waals surface area contributed by atoms with Crippen LogP contribution in [-0.2, 0) is 10.0 Å². The molecule has 0 saturated carbocycles. The second kappa shape index (κ2) is 8.73. The Bertz CT molecular complexity index is 1180. The number of amides is 1. The molecule has 0 fully saturated rings. The third-order valence-corrected chi connectivity index (χ3v) is 6.51. The molecule has 0 atom stereocenters. The molecule has 0 heterocycles. The van der Waals surface area contributed by atoms with E-state index < -0.39 is 21.7 Å². The molecule has 3 rings (SSSR count). The Balaban J connectivity index is 1.92. The molecule has 1 N–H and O–H groups in total. The van der Waals surface area contributed by atoms with Crippen LogP contribution in [0.15, 0.2) is 71.6 Å². The number of ether oxygens (including phenoxy) is 1. The van der Waals surface area contributed by atoms with Crippen molar-refractivity contribution in [3.05, 3.63) is 83.1 Å². The van der Waals surface area contributed by atoms with Crippen LogP contribution >= 0.6 is 11.6 Å². The lowest BCUT2D eigenvalue weighted by molar-refractivity contribution is 0.102. The summed E-state index contributed by atoms with van der Waals surface area (Å²) in [6.45, 7) is 0. The van der Waals surface area contributed by atoms with E-state index in [-0.39, 0.29) is 21.2 Å². The minimum atomic E-state index is -3.99. The van der Waals surface area contributed by atoms with Crippen molar-refractivity contribution >= 4 is 38.9 Å². The smallest absolute Gasteiger partial charge is 0.264 e. The number of carbonyl (C=O) groups is 1. The van der Waals surface area contributed by atoms with Gasteiger partial charge < -0.3 is 10.1 Å². The van der Waals surface area contributed by atoms with E-state index in [1.165, 1.54) is 44.5 Å². The Morgan fingerprint density at radius 1 is 1.07 bits per heavy atom. The third-order valence-electron chi connectivity index (χ3n) is 4.40. The van der Waals surface area contributed by atoms with Gasteiger partial charge in [0, 0.05) is 7.05 Å². The quantitative estimate of drug-likeness (QED) is 0.599. The molecule has 3 aromatic carbocycles. The topological polar surface area (TPSA) is 75.7 Å². The molecule has 0 spiro atoms. The third kappa shape index (κ3) is 4.39. The van der Waals surface area contributed by atoms with Crippen LogP contribution in [0.3, 0.4) is 0 Å². The van der Waals surface area contributed by atoms with Crippen molar-refractivity contribution in [3.8, 4) is 5.75 Å². The molecule has 0 aromatic heterocycles. The van der Waals surface area contributed by atoms with Crippen LogP contribution in [-0.4, -0.2) is 28.5 Å². The first-order valence-electron chi connectivity index (χ1n) is 8.72. The normalized spacial score (nSPS) is 11.1. The highest BCUT2D eigenvalue weighted by Gasteiger charge is 2.24. The number of nitrogens with one attached hydrogen (secondary N) is 1. The van der Waals surface area contributed by atoms with Crippen molar-refractivity contribution < 1.29 is 22.3 Å². The summed E-state index contributed by atoms with van der Waals surface area (Å²) >= 11 is 6.10. The molecular weight excluding hydrogens is 431 g/mol. The maximum absolute atomic E-state index is 13.8. The Morgan fingerprint density at radius 2 is 1.73 bits per heavy atom. The lowest BCUT2D eigenvalue weighted by atomic mass is 10.2. The summed E-state index contributed by atoms with van der Waals surface area (Å²) in [6.07, 6.45) is 0. The summed E-state index contributed by atoms with van der Waals surface area (Å²) in [4.78, 5) is 12.5. The fraction of sp³-hybridized carbons (Fsp3) is 0.0952. The number of halogens is 2. The van der Waals surface area contributed by atoms with E-state index >= 15 is 0 Å². The number of sulfonamides is 1. The lowest BCUT2D eigenvalue weighted by Crippen LogP contribution is -2.27. The maximum atomic E-state index is 13.8. The predicted octanol–water partition coefficient (Wildman–Crippen LogP) is 4.57. The molecule has 156 valence electrons. The van der Waals surface area contributed by atoms with E-state index in [0.717, 1.165) is 10.4 Å². The first-order chi connectivity index (χ1) is 14.2. The molecule has 0 bridgehead atoms. The van der Waals surface area contributed by atoms with Crippen LogP contribution in [0.25, 0.3) is 0 Å². The number of hydrogen-bond donors (Lipinski definition) is 1. The minimum absolute atomic E-state index is 0.0369. The first kappa shape index (κ1) is 21.6. The SMILES string of the molecule is COc1ccc(N(C)S(=O)(=O)c2ccc(Cl)c(C(=O)Nc3ccccc3F)c2)cc1. The Hall–Kier alpha value is -3.10. The Labute approximate surface area is 178 Å². The molecule has 0 saturated heterocycles.